The van der Waals surface area contributed by atoms with E-state index >= 15 is 0 Å². The highest BCUT2D eigenvalue weighted by atomic mass is 32.1. The molecule has 7 heteroatoms. The van der Waals surface area contributed by atoms with E-state index in [0.29, 0.717) is 17.7 Å². The molecule has 1 aromatic carbocycles. The van der Waals surface area contributed by atoms with Gasteiger partial charge in [-0.2, -0.15) is 16.4 Å². The Balaban J connectivity index is 1.90. The Morgan fingerprint density at radius 3 is 2.71 bits per heavy atom. The summed E-state index contributed by atoms with van der Waals surface area (Å²) in [7, 11) is 0. The molecule has 1 aliphatic rings. The van der Waals surface area contributed by atoms with Crippen LogP contribution in [0.3, 0.4) is 0 Å². The van der Waals surface area contributed by atoms with Gasteiger partial charge < -0.3 is 10.2 Å². The summed E-state index contributed by atoms with van der Waals surface area (Å²) in [6, 6.07) is 8.51. The molecule has 0 bridgehead atoms. The summed E-state index contributed by atoms with van der Waals surface area (Å²) in [6.07, 6.45) is 0.147. The molecule has 3 rings (SSSR count). The summed E-state index contributed by atoms with van der Waals surface area (Å²) in [5.74, 6) is -1.24. The van der Waals surface area contributed by atoms with Crippen molar-refractivity contribution in [1.29, 1.82) is 0 Å². The fourth-order valence-corrected chi connectivity index (χ4v) is 3.38. The van der Waals surface area contributed by atoms with Crippen LogP contribution in [-0.2, 0) is 9.59 Å². The third kappa shape index (κ3) is 3.30. The molecule has 0 aliphatic carbocycles. The Hall–Kier alpha value is -2.67. The first kappa shape index (κ1) is 16.2. The van der Waals surface area contributed by atoms with Crippen molar-refractivity contribution in [3.63, 3.8) is 0 Å². The molecule has 0 saturated carbocycles. The second kappa shape index (κ2) is 6.84. The van der Waals surface area contributed by atoms with Gasteiger partial charge in [0.15, 0.2) is 0 Å². The van der Waals surface area contributed by atoms with E-state index in [4.69, 9.17) is 5.11 Å². The second-order valence-corrected chi connectivity index (χ2v) is 6.25. The number of carboxylic acid groups (broad SMARTS) is 1. The van der Waals surface area contributed by atoms with E-state index in [1.165, 1.54) is 16.3 Å². The minimum atomic E-state index is -1.01. The van der Waals surface area contributed by atoms with Gasteiger partial charge in [0.2, 0.25) is 5.91 Å². The average Bonchev–Trinajstić information content (AvgIpc) is 3.22. The van der Waals surface area contributed by atoms with E-state index in [9.17, 15) is 14.7 Å². The van der Waals surface area contributed by atoms with Gasteiger partial charge in [-0.3, -0.25) is 9.59 Å². The molecular formula is C17H16N2O4S. The fraction of sp³-hybridized carbons (Fsp3) is 0.235. The van der Waals surface area contributed by atoms with E-state index < -0.39 is 5.97 Å². The number of nitrogens with zero attached hydrogens (tertiary/aromatic N) is 2. The number of aromatic hydroxyl groups is 1. The van der Waals surface area contributed by atoms with Gasteiger partial charge in [0.1, 0.15) is 5.75 Å². The van der Waals surface area contributed by atoms with Crippen molar-refractivity contribution in [1.82, 2.24) is 5.01 Å². The van der Waals surface area contributed by atoms with Crippen LogP contribution >= 0.6 is 11.3 Å². The molecule has 2 aromatic rings. The lowest BCUT2D eigenvalue weighted by Crippen LogP contribution is -2.27. The van der Waals surface area contributed by atoms with Gasteiger partial charge in [-0.05, 0) is 34.5 Å². The maximum Gasteiger partial charge on any atom is 0.303 e. The van der Waals surface area contributed by atoms with Gasteiger partial charge in [0.05, 0.1) is 18.2 Å². The standard InChI is InChI=1S/C17H16N2O4S/c20-15-4-2-1-3-12(15)13-9-14(11-7-8-24-10-11)19(18-13)16(21)5-6-17(22)23/h1-4,7-8,10,14,20H,5-6,9H2,(H,22,23). The van der Waals surface area contributed by atoms with E-state index in [-0.39, 0.29) is 30.5 Å². The minimum Gasteiger partial charge on any atom is -0.507 e. The number of carbonyl (C=O) groups excluding carboxylic acids is 1. The zero-order valence-corrected chi connectivity index (χ0v) is 13.6. The Morgan fingerprint density at radius 2 is 2.04 bits per heavy atom. The number of rotatable bonds is 5. The largest absolute Gasteiger partial charge is 0.507 e. The molecule has 0 fully saturated rings. The number of carboxylic acids is 1. The average molecular weight is 344 g/mol. The molecule has 0 saturated heterocycles. The van der Waals surface area contributed by atoms with E-state index in [2.05, 4.69) is 5.10 Å². The molecule has 1 atom stereocenters. The van der Waals surface area contributed by atoms with E-state index in [1.807, 2.05) is 16.8 Å². The first-order chi connectivity index (χ1) is 11.6. The van der Waals surface area contributed by atoms with Crippen molar-refractivity contribution in [3.8, 4) is 5.75 Å². The van der Waals surface area contributed by atoms with Crippen molar-refractivity contribution < 1.29 is 19.8 Å². The normalized spacial score (nSPS) is 16.9. The zero-order chi connectivity index (χ0) is 17.1. The summed E-state index contributed by atoms with van der Waals surface area (Å²) in [5.41, 5.74) is 2.16. The Kier molecular flexibility index (Phi) is 4.61. The summed E-state index contributed by atoms with van der Waals surface area (Å²) < 4.78 is 0. The van der Waals surface area contributed by atoms with Crippen LogP contribution in [0, 0.1) is 0 Å². The molecule has 0 spiro atoms. The molecule has 24 heavy (non-hydrogen) atoms. The van der Waals surface area contributed by atoms with Crippen LogP contribution in [0.2, 0.25) is 0 Å². The highest BCUT2D eigenvalue weighted by Gasteiger charge is 2.33. The van der Waals surface area contributed by atoms with Gasteiger partial charge in [-0.15, -0.1) is 0 Å². The fourth-order valence-electron chi connectivity index (χ4n) is 2.67. The maximum atomic E-state index is 12.4. The van der Waals surface area contributed by atoms with E-state index in [0.717, 1.165) is 5.56 Å². The number of phenolic OH excluding ortho intramolecular Hbond substituents is 1. The lowest BCUT2D eigenvalue weighted by Gasteiger charge is -2.20. The first-order valence-electron chi connectivity index (χ1n) is 7.48. The van der Waals surface area contributed by atoms with Gasteiger partial charge >= 0.3 is 5.97 Å². The maximum absolute atomic E-state index is 12.4. The summed E-state index contributed by atoms with van der Waals surface area (Å²) in [5, 5.41) is 28.4. The Morgan fingerprint density at radius 1 is 1.25 bits per heavy atom. The number of phenols is 1. The molecule has 1 aliphatic heterocycles. The van der Waals surface area contributed by atoms with Crippen molar-refractivity contribution >= 4 is 28.9 Å². The van der Waals surface area contributed by atoms with Crippen LogP contribution in [0.15, 0.2) is 46.2 Å². The van der Waals surface area contributed by atoms with Crippen molar-refractivity contribution in [3.05, 3.63) is 52.2 Å². The molecule has 0 radical (unpaired) electrons. The smallest absolute Gasteiger partial charge is 0.303 e. The van der Waals surface area contributed by atoms with Crippen LogP contribution in [0.5, 0.6) is 5.75 Å². The number of benzene rings is 1. The Labute approximate surface area is 142 Å². The van der Waals surface area contributed by atoms with Gasteiger partial charge in [-0.25, -0.2) is 5.01 Å². The lowest BCUT2D eigenvalue weighted by molar-refractivity contribution is -0.141. The van der Waals surface area contributed by atoms with Crippen LogP contribution < -0.4 is 0 Å². The van der Waals surface area contributed by atoms with Crippen LogP contribution in [0.4, 0.5) is 0 Å². The molecule has 1 amide bonds. The van der Waals surface area contributed by atoms with Gasteiger partial charge in [0.25, 0.3) is 0 Å². The number of carbonyl (C=O) groups is 2. The third-order valence-electron chi connectivity index (χ3n) is 3.86. The summed E-state index contributed by atoms with van der Waals surface area (Å²) >= 11 is 1.53. The number of amides is 1. The molecular weight excluding hydrogens is 328 g/mol. The SMILES string of the molecule is O=C(O)CCC(=O)N1N=C(c2ccccc2O)CC1c1ccsc1. The molecule has 1 unspecified atom stereocenters. The zero-order valence-electron chi connectivity index (χ0n) is 12.8. The number of hydrogen-bond acceptors (Lipinski definition) is 5. The summed E-state index contributed by atoms with van der Waals surface area (Å²) in [6.45, 7) is 0. The summed E-state index contributed by atoms with van der Waals surface area (Å²) in [4.78, 5) is 23.1. The lowest BCUT2D eigenvalue weighted by atomic mass is 9.99. The molecule has 2 heterocycles. The van der Waals surface area contributed by atoms with Crippen molar-refractivity contribution in [2.75, 3.05) is 0 Å². The monoisotopic (exact) mass is 344 g/mol. The van der Waals surface area contributed by atoms with E-state index in [1.54, 1.807) is 24.3 Å². The Bertz CT molecular complexity index is 786. The quantitative estimate of drug-likeness (QED) is 0.872. The van der Waals surface area contributed by atoms with Crippen LogP contribution in [0.25, 0.3) is 0 Å². The number of hydrogen-bond donors (Lipinski definition) is 2. The van der Waals surface area contributed by atoms with Crippen LogP contribution in [0.1, 0.15) is 36.4 Å². The predicted octanol–water partition coefficient (Wildman–Crippen LogP) is 3.00. The topological polar surface area (TPSA) is 90.2 Å². The molecule has 6 nitrogen and oxygen atoms in total. The minimum absolute atomic E-state index is 0.104. The highest BCUT2D eigenvalue weighted by molar-refractivity contribution is 7.08. The first-order valence-corrected chi connectivity index (χ1v) is 8.42. The predicted molar refractivity (Wildman–Crippen MR) is 90.0 cm³/mol. The third-order valence-corrected chi connectivity index (χ3v) is 4.56. The number of hydrazone groups is 1. The van der Waals surface area contributed by atoms with Crippen molar-refractivity contribution in [2.45, 2.75) is 25.3 Å². The van der Waals surface area contributed by atoms with Gasteiger partial charge in [-0.1, -0.05) is 12.1 Å². The molecule has 2 N–H and O–H groups in total. The van der Waals surface area contributed by atoms with Crippen LogP contribution in [-0.4, -0.2) is 32.8 Å². The van der Waals surface area contributed by atoms with Crippen molar-refractivity contribution in [2.24, 2.45) is 5.10 Å². The second-order valence-electron chi connectivity index (χ2n) is 5.47. The number of thiophene rings is 1. The number of para-hydroxylation sites is 1. The number of aliphatic carboxylic acids is 1. The molecule has 124 valence electrons. The molecule has 1 aromatic heterocycles. The highest BCUT2D eigenvalue weighted by Crippen LogP contribution is 2.35. The van der Waals surface area contributed by atoms with Gasteiger partial charge in [0, 0.05) is 18.4 Å².